The van der Waals surface area contributed by atoms with Crippen LogP contribution in [-0.2, 0) is 4.79 Å². The number of amides is 1. The summed E-state index contributed by atoms with van der Waals surface area (Å²) in [7, 11) is 1.65. The molecule has 0 radical (unpaired) electrons. The molecule has 1 aromatic rings. The van der Waals surface area contributed by atoms with E-state index in [4.69, 9.17) is 0 Å². The molecule has 2 N–H and O–H groups in total. The molecular formula is C13H19BrN2O. The van der Waals surface area contributed by atoms with Crippen molar-refractivity contribution in [3.05, 3.63) is 34.3 Å². The second kappa shape index (κ2) is 6.77. The zero-order valence-corrected chi connectivity index (χ0v) is 12.0. The van der Waals surface area contributed by atoms with Crippen molar-refractivity contribution < 1.29 is 4.79 Å². The number of carbonyl (C=O) groups excluding carboxylic acids is 1. The van der Waals surface area contributed by atoms with Crippen LogP contribution in [0.4, 0.5) is 0 Å². The van der Waals surface area contributed by atoms with E-state index in [1.165, 1.54) is 5.56 Å². The summed E-state index contributed by atoms with van der Waals surface area (Å²) in [5.74, 6) is 0.0144. The third kappa shape index (κ3) is 4.13. The molecule has 94 valence electrons. The molecule has 1 aromatic carbocycles. The number of rotatable bonds is 5. The molecule has 4 heteroatoms. The van der Waals surface area contributed by atoms with Gasteiger partial charge in [0.1, 0.15) is 0 Å². The van der Waals surface area contributed by atoms with Gasteiger partial charge in [0.25, 0.3) is 0 Å². The van der Waals surface area contributed by atoms with Gasteiger partial charge in [0.05, 0.1) is 6.04 Å². The van der Waals surface area contributed by atoms with Crippen molar-refractivity contribution in [2.24, 2.45) is 0 Å². The van der Waals surface area contributed by atoms with Gasteiger partial charge in [-0.25, -0.2) is 0 Å². The van der Waals surface area contributed by atoms with Crippen molar-refractivity contribution in [3.63, 3.8) is 0 Å². The van der Waals surface area contributed by atoms with E-state index in [2.05, 4.69) is 45.6 Å². The van der Waals surface area contributed by atoms with Crippen molar-refractivity contribution >= 4 is 21.8 Å². The van der Waals surface area contributed by atoms with Gasteiger partial charge in [0.15, 0.2) is 0 Å². The van der Waals surface area contributed by atoms with E-state index in [0.29, 0.717) is 0 Å². The second-order valence-electron chi connectivity index (χ2n) is 4.01. The average molecular weight is 299 g/mol. The third-order valence-corrected chi connectivity index (χ3v) is 3.30. The summed E-state index contributed by atoms with van der Waals surface area (Å²) in [6.45, 7) is 3.98. The monoisotopic (exact) mass is 298 g/mol. The van der Waals surface area contributed by atoms with Gasteiger partial charge < -0.3 is 5.32 Å². The number of hydrogen-bond donors (Lipinski definition) is 2. The Morgan fingerprint density at radius 2 is 1.94 bits per heavy atom. The maximum atomic E-state index is 11.5. The molecule has 0 aliphatic rings. The Bertz CT molecular complexity index is 364. The highest BCUT2D eigenvalue weighted by atomic mass is 79.9. The Morgan fingerprint density at radius 3 is 2.41 bits per heavy atom. The van der Waals surface area contributed by atoms with Crippen molar-refractivity contribution in [1.29, 1.82) is 0 Å². The molecule has 3 nitrogen and oxygen atoms in total. The Labute approximate surface area is 111 Å². The summed E-state index contributed by atoms with van der Waals surface area (Å²) in [5.41, 5.74) is 1.20. The maximum absolute atomic E-state index is 11.5. The summed E-state index contributed by atoms with van der Waals surface area (Å²) in [4.78, 5) is 11.5. The first-order chi connectivity index (χ1) is 8.08. The molecule has 17 heavy (non-hydrogen) atoms. The normalized spacial score (nSPS) is 14.1. The second-order valence-corrected chi connectivity index (χ2v) is 4.93. The number of likely N-dealkylation sites (N-methyl/N-ethyl adjacent to an activating group) is 1. The van der Waals surface area contributed by atoms with Crippen LogP contribution < -0.4 is 10.6 Å². The van der Waals surface area contributed by atoms with E-state index < -0.39 is 0 Å². The minimum absolute atomic E-state index is 0.0144. The number of nitrogens with one attached hydrogen (secondary N) is 2. The zero-order chi connectivity index (χ0) is 12.8. The lowest BCUT2D eigenvalue weighted by Gasteiger charge is -2.21. The van der Waals surface area contributed by atoms with Crippen LogP contribution >= 0.6 is 15.9 Å². The van der Waals surface area contributed by atoms with E-state index in [1.807, 2.05) is 19.1 Å². The van der Waals surface area contributed by atoms with Crippen LogP contribution in [0.25, 0.3) is 0 Å². The molecule has 0 heterocycles. The molecule has 0 fully saturated rings. The number of halogens is 1. The zero-order valence-electron chi connectivity index (χ0n) is 10.5. The summed E-state index contributed by atoms with van der Waals surface area (Å²) in [5, 5.41) is 5.97. The van der Waals surface area contributed by atoms with Gasteiger partial charge in [-0.05, 0) is 31.0 Å². The van der Waals surface area contributed by atoms with E-state index in [0.717, 1.165) is 10.9 Å². The SMILES string of the molecule is CC[C@@H](N[C@@H](C)C(=O)NC)c1ccc(Br)cc1. The Kier molecular flexibility index (Phi) is 5.65. The molecular weight excluding hydrogens is 280 g/mol. The highest BCUT2D eigenvalue weighted by molar-refractivity contribution is 9.10. The van der Waals surface area contributed by atoms with E-state index >= 15 is 0 Å². The van der Waals surface area contributed by atoms with Crippen LogP contribution in [0.5, 0.6) is 0 Å². The van der Waals surface area contributed by atoms with Gasteiger partial charge in [-0.1, -0.05) is 35.0 Å². The molecule has 0 unspecified atom stereocenters. The van der Waals surface area contributed by atoms with Gasteiger partial charge in [-0.2, -0.15) is 0 Å². The van der Waals surface area contributed by atoms with Crippen LogP contribution in [0.3, 0.4) is 0 Å². The fraction of sp³-hybridized carbons (Fsp3) is 0.462. The standard InChI is InChI=1S/C13H19BrN2O/c1-4-12(16-9(2)13(17)15-3)10-5-7-11(14)8-6-10/h5-9,12,16H,4H2,1-3H3,(H,15,17)/t9-,12+/m0/s1. The van der Waals surface area contributed by atoms with Crippen molar-refractivity contribution in [3.8, 4) is 0 Å². The minimum atomic E-state index is -0.186. The van der Waals surface area contributed by atoms with Gasteiger partial charge in [0, 0.05) is 17.6 Å². The first kappa shape index (κ1) is 14.2. The summed E-state index contributed by atoms with van der Waals surface area (Å²) < 4.78 is 1.07. The van der Waals surface area contributed by atoms with Gasteiger partial charge in [0.2, 0.25) is 5.91 Å². The minimum Gasteiger partial charge on any atom is -0.358 e. The maximum Gasteiger partial charge on any atom is 0.236 e. The van der Waals surface area contributed by atoms with Crippen LogP contribution in [0.2, 0.25) is 0 Å². The predicted octanol–water partition coefficient (Wildman–Crippen LogP) is 2.62. The van der Waals surface area contributed by atoms with Crippen LogP contribution in [0.15, 0.2) is 28.7 Å². The summed E-state index contributed by atoms with van der Waals surface area (Å²) in [6, 6.07) is 8.20. The highest BCUT2D eigenvalue weighted by Gasteiger charge is 2.16. The fourth-order valence-electron chi connectivity index (χ4n) is 1.74. The molecule has 1 rings (SSSR count). The molecule has 1 amide bonds. The Morgan fingerprint density at radius 1 is 1.35 bits per heavy atom. The lowest BCUT2D eigenvalue weighted by Crippen LogP contribution is -2.42. The number of benzene rings is 1. The molecule has 0 saturated heterocycles. The van der Waals surface area contributed by atoms with E-state index in [9.17, 15) is 4.79 Å². The van der Waals surface area contributed by atoms with E-state index in [1.54, 1.807) is 7.05 Å². The van der Waals surface area contributed by atoms with Crippen molar-refractivity contribution in [2.45, 2.75) is 32.4 Å². The fourth-order valence-corrected chi connectivity index (χ4v) is 2.00. The molecule has 0 aliphatic carbocycles. The summed E-state index contributed by atoms with van der Waals surface area (Å²) in [6.07, 6.45) is 0.947. The highest BCUT2D eigenvalue weighted by Crippen LogP contribution is 2.19. The number of hydrogen-bond acceptors (Lipinski definition) is 2. The lowest BCUT2D eigenvalue weighted by atomic mass is 10.0. The van der Waals surface area contributed by atoms with Crippen molar-refractivity contribution in [2.75, 3.05) is 7.05 Å². The van der Waals surface area contributed by atoms with Crippen LogP contribution in [-0.4, -0.2) is 19.0 Å². The topological polar surface area (TPSA) is 41.1 Å². The van der Waals surface area contributed by atoms with Crippen LogP contribution in [0, 0.1) is 0 Å². The molecule has 0 bridgehead atoms. The van der Waals surface area contributed by atoms with Gasteiger partial charge >= 0.3 is 0 Å². The average Bonchev–Trinajstić information content (AvgIpc) is 2.35. The molecule has 2 atom stereocenters. The van der Waals surface area contributed by atoms with Crippen LogP contribution in [0.1, 0.15) is 31.9 Å². The predicted molar refractivity (Wildman–Crippen MR) is 73.8 cm³/mol. The first-order valence-electron chi connectivity index (χ1n) is 5.81. The lowest BCUT2D eigenvalue weighted by molar-refractivity contribution is -0.122. The van der Waals surface area contributed by atoms with Gasteiger partial charge in [-0.3, -0.25) is 10.1 Å². The Hall–Kier alpha value is -0.870. The first-order valence-corrected chi connectivity index (χ1v) is 6.60. The molecule has 0 aliphatic heterocycles. The van der Waals surface area contributed by atoms with Gasteiger partial charge in [-0.15, -0.1) is 0 Å². The molecule has 0 spiro atoms. The third-order valence-electron chi connectivity index (χ3n) is 2.77. The van der Waals surface area contributed by atoms with Crippen molar-refractivity contribution in [1.82, 2.24) is 10.6 Å². The summed E-state index contributed by atoms with van der Waals surface area (Å²) >= 11 is 3.42. The molecule has 0 saturated carbocycles. The molecule has 0 aromatic heterocycles. The number of carbonyl (C=O) groups is 1. The largest absolute Gasteiger partial charge is 0.358 e. The smallest absolute Gasteiger partial charge is 0.236 e. The quantitative estimate of drug-likeness (QED) is 0.877. The Balaban J connectivity index is 2.71. The van der Waals surface area contributed by atoms with E-state index in [-0.39, 0.29) is 18.0 Å².